The van der Waals surface area contributed by atoms with Crippen LogP contribution in [0.3, 0.4) is 0 Å². The van der Waals surface area contributed by atoms with Gasteiger partial charge in [0.15, 0.2) is 11.5 Å². The van der Waals surface area contributed by atoms with Crippen molar-refractivity contribution in [2.75, 3.05) is 26.4 Å². The van der Waals surface area contributed by atoms with Gasteiger partial charge < -0.3 is 14.2 Å². The van der Waals surface area contributed by atoms with Crippen molar-refractivity contribution >= 4 is 63.2 Å². The molecule has 0 aliphatic carbocycles. The highest BCUT2D eigenvalue weighted by Gasteiger charge is 2.35. The third-order valence-electron chi connectivity index (χ3n) is 4.36. The molecule has 2 aromatic carbocycles. The number of hydrogen-bond donors (Lipinski definition) is 0. The molecule has 1 aliphatic rings. The third kappa shape index (κ3) is 6.11. The minimum Gasteiger partial charge on any atom is -0.490 e. The molecule has 32 heavy (non-hydrogen) atoms. The monoisotopic (exact) mass is 587 g/mol. The molecule has 1 aliphatic heterocycles. The molecule has 1 heterocycles. The van der Waals surface area contributed by atoms with E-state index in [4.69, 9.17) is 25.8 Å². The molecule has 0 aromatic heterocycles. The first-order valence-corrected chi connectivity index (χ1v) is 12.4. The van der Waals surface area contributed by atoms with Crippen molar-refractivity contribution in [3.63, 3.8) is 0 Å². The van der Waals surface area contributed by atoms with Gasteiger partial charge in [-0.25, -0.2) is 0 Å². The molecule has 3 rings (SSSR count). The fourth-order valence-electron chi connectivity index (χ4n) is 2.93. The number of imide groups is 1. The van der Waals surface area contributed by atoms with Gasteiger partial charge >= 0.3 is 0 Å². The van der Waals surface area contributed by atoms with Crippen molar-refractivity contribution in [1.82, 2.24) is 4.90 Å². The first kappa shape index (κ1) is 24.7. The second-order valence-corrected chi connectivity index (χ2v) is 9.29. The van der Waals surface area contributed by atoms with Crippen molar-refractivity contribution in [2.24, 2.45) is 0 Å². The Balaban J connectivity index is 1.72. The van der Waals surface area contributed by atoms with Crippen LogP contribution in [-0.2, 0) is 4.79 Å². The zero-order valence-electron chi connectivity index (χ0n) is 17.7. The number of halogens is 2. The van der Waals surface area contributed by atoms with Crippen LogP contribution in [0.1, 0.15) is 25.8 Å². The summed E-state index contributed by atoms with van der Waals surface area (Å²) in [6.07, 6.45) is 2.59. The molecule has 2 aromatic rings. The van der Waals surface area contributed by atoms with Gasteiger partial charge in [-0.15, -0.1) is 0 Å². The Labute approximate surface area is 210 Å². The molecule has 0 atom stereocenters. The van der Waals surface area contributed by atoms with E-state index < -0.39 is 0 Å². The van der Waals surface area contributed by atoms with Gasteiger partial charge in [0.1, 0.15) is 12.4 Å². The number of para-hydroxylation sites is 1. The predicted molar refractivity (Wildman–Crippen MR) is 136 cm³/mol. The Morgan fingerprint density at radius 3 is 2.56 bits per heavy atom. The maximum Gasteiger partial charge on any atom is 0.293 e. The molecule has 2 amide bonds. The maximum absolute atomic E-state index is 12.8. The number of hydrogen-bond acceptors (Lipinski definition) is 6. The molecule has 0 unspecified atom stereocenters. The van der Waals surface area contributed by atoms with Crippen molar-refractivity contribution in [3.8, 4) is 17.2 Å². The third-order valence-corrected chi connectivity index (χ3v) is 6.38. The van der Waals surface area contributed by atoms with Crippen LogP contribution in [0.4, 0.5) is 4.79 Å². The van der Waals surface area contributed by atoms with E-state index in [1.54, 1.807) is 30.3 Å². The highest BCUT2D eigenvalue weighted by molar-refractivity contribution is 14.1. The minimum absolute atomic E-state index is 0.138. The number of thioether (sulfide) groups is 1. The van der Waals surface area contributed by atoms with Crippen molar-refractivity contribution in [1.29, 1.82) is 0 Å². The number of carbonyl (C=O) groups is 2. The summed E-state index contributed by atoms with van der Waals surface area (Å²) < 4.78 is 18.1. The summed E-state index contributed by atoms with van der Waals surface area (Å²) in [5, 5.41) is 0.152. The number of carbonyl (C=O) groups excluding carboxylic acids is 2. The summed E-state index contributed by atoms with van der Waals surface area (Å²) in [7, 11) is 0. The van der Waals surface area contributed by atoms with E-state index in [9.17, 15) is 9.59 Å². The average Bonchev–Trinajstić information content (AvgIpc) is 3.02. The normalized spacial score (nSPS) is 14.9. The molecule has 0 radical (unpaired) electrons. The summed E-state index contributed by atoms with van der Waals surface area (Å²) in [6.45, 7) is 5.31. The van der Waals surface area contributed by atoms with Crippen LogP contribution in [0.5, 0.6) is 17.2 Å². The molecule has 1 fully saturated rings. The first-order chi connectivity index (χ1) is 15.4. The fourth-order valence-corrected chi connectivity index (χ4v) is 4.77. The van der Waals surface area contributed by atoms with E-state index in [2.05, 4.69) is 22.6 Å². The standard InChI is InChI=1S/C23H23ClINO5S/c1-3-10-31-21-17(25)12-15(13-19(21)29-4-2)14-20-22(27)26(23(28)32-20)9-11-30-18-8-6-5-7-16(18)24/h5-8,12-14H,3-4,9-11H2,1-2H3/b20-14-. The highest BCUT2D eigenvalue weighted by atomic mass is 127. The quantitative estimate of drug-likeness (QED) is 0.242. The predicted octanol–water partition coefficient (Wildman–Crippen LogP) is 6.25. The number of rotatable bonds is 10. The van der Waals surface area contributed by atoms with Crippen molar-refractivity contribution < 1.29 is 23.8 Å². The summed E-state index contributed by atoms with van der Waals surface area (Å²) in [4.78, 5) is 26.7. The van der Waals surface area contributed by atoms with Gasteiger partial charge in [-0.05, 0) is 83.6 Å². The van der Waals surface area contributed by atoms with E-state index in [0.29, 0.717) is 40.4 Å². The lowest BCUT2D eigenvalue weighted by Crippen LogP contribution is -2.32. The molecular weight excluding hydrogens is 565 g/mol. The van der Waals surface area contributed by atoms with E-state index in [1.165, 1.54) is 4.90 Å². The second kappa shape index (κ2) is 11.8. The Bertz CT molecular complexity index is 1030. The van der Waals surface area contributed by atoms with Crippen LogP contribution in [0.2, 0.25) is 5.02 Å². The van der Waals surface area contributed by atoms with Gasteiger partial charge in [0, 0.05) is 0 Å². The molecule has 6 nitrogen and oxygen atoms in total. The summed E-state index contributed by atoms with van der Waals surface area (Å²) in [5.41, 5.74) is 0.763. The lowest BCUT2D eigenvalue weighted by Gasteiger charge is -2.14. The molecular formula is C23H23ClINO5S. The number of amides is 2. The van der Waals surface area contributed by atoms with Crippen LogP contribution >= 0.6 is 46.0 Å². The van der Waals surface area contributed by atoms with E-state index in [0.717, 1.165) is 27.3 Å². The molecule has 0 saturated carbocycles. The smallest absolute Gasteiger partial charge is 0.293 e. The largest absolute Gasteiger partial charge is 0.490 e. The molecule has 0 bridgehead atoms. The van der Waals surface area contributed by atoms with Gasteiger partial charge in [0.2, 0.25) is 0 Å². The SMILES string of the molecule is CCCOc1c(I)cc(/C=C2\SC(=O)N(CCOc3ccccc3Cl)C2=O)cc1OCC. The zero-order valence-corrected chi connectivity index (χ0v) is 21.5. The van der Waals surface area contributed by atoms with Gasteiger partial charge in [0.25, 0.3) is 11.1 Å². The highest BCUT2D eigenvalue weighted by Crippen LogP contribution is 2.37. The zero-order chi connectivity index (χ0) is 23.1. The second-order valence-electron chi connectivity index (χ2n) is 6.72. The van der Waals surface area contributed by atoms with E-state index in [-0.39, 0.29) is 24.3 Å². The molecule has 0 N–H and O–H groups in total. The van der Waals surface area contributed by atoms with Crippen LogP contribution < -0.4 is 14.2 Å². The number of nitrogens with zero attached hydrogens (tertiary/aromatic N) is 1. The number of benzene rings is 2. The Kier molecular flexibility index (Phi) is 9.12. The Morgan fingerprint density at radius 1 is 1.06 bits per heavy atom. The first-order valence-electron chi connectivity index (χ1n) is 10.2. The van der Waals surface area contributed by atoms with E-state index in [1.807, 2.05) is 26.0 Å². The summed E-state index contributed by atoms with van der Waals surface area (Å²) in [6, 6.07) is 10.8. The van der Waals surface area contributed by atoms with Crippen LogP contribution in [0, 0.1) is 3.57 Å². The van der Waals surface area contributed by atoms with Gasteiger partial charge in [-0.1, -0.05) is 30.7 Å². The van der Waals surface area contributed by atoms with Crippen molar-refractivity contribution in [3.05, 3.63) is 55.5 Å². The maximum atomic E-state index is 12.8. The molecule has 9 heteroatoms. The van der Waals surface area contributed by atoms with Gasteiger partial charge in [-0.3, -0.25) is 14.5 Å². The van der Waals surface area contributed by atoms with Crippen LogP contribution in [0.15, 0.2) is 41.3 Å². The van der Waals surface area contributed by atoms with Gasteiger partial charge in [-0.2, -0.15) is 0 Å². The lowest BCUT2D eigenvalue weighted by atomic mass is 10.2. The minimum atomic E-state index is -0.345. The van der Waals surface area contributed by atoms with Crippen LogP contribution in [0.25, 0.3) is 6.08 Å². The Hall–Kier alpha value is -1.91. The molecule has 1 saturated heterocycles. The van der Waals surface area contributed by atoms with E-state index >= 15 is 0 Å². The topological polar surface area (TPSA) is 65.1 Å². The summed E-state index contributed by atoms with van der Waals surface area (Å²) in [5.74, 6) is 1.48. The summed E-state index contributed by atoms with van der Waals surface area (Å²) >= 11 is 9.17. The van der Waals surface area contributed by atoms with Crippen LogP contribution in [-0.4, -0.2) is 42.4 Å². The number of ether oxygens (including phenoxy) is 3. The fraction of sp³-hybridized carbons (Fsp3) is 0.304. The average molecular weight is 588 g/mol. The van der Waals surface area contributed by atoms with Gasteiger partial charge in [0.05, 0.1) is 33.3 Å². The molecule has 170 valence electrons. The molecule has 0 spiro atoms. The Morgan fingerprint density at radius 2 is 1.84 bits per heavy atom. The lowest BCUT2D eigenvalue weighted by molar-refractivity contribution is -0.123. The van der Waals surface area contributed by atoms with Crippen molar-refractivity contribution in [2.45, 2.75) is 20.3 Å².